The first-order chi connectivity index (χ1) is 20.2. The van der Waals surface area contributed by atoms with Gasteiger partial charge in [0.2, 0.25) is 5.78 Å². The fourth-order valence-electron chi connectivity index (χ4n) is 6.11. The molecule has 1 atom stereocenters. The van der Waals surface area contributed by atoms with Crippen LogP contribution in [0.15, 0.2) is 40.2 Å². The molecule has 43 heavy (non-hydrogen) atoms. The third-order valence-electron chi connectivity index (χ3n) is 9.00. The topological polar surface area (TPSA) is 132 Å². The summed E-state index contributed by atoms with van der Waals surface area (Å²) in [6.07, 6.45) is 0.911. The number of hydrazone groups is 1. The number of phenolic OH excluding ortho intramolecular Hbond substituents is 1. The number of carbonyl (C=O) groups excluding carboxylic acids is 3. The van der Waals surface area contributed by atoms with Gasteiger partial charge in [0.15, 0.2) is 5.60 Å². The number of nitrogens with one attached hydrogen (secondary N) is 1. The number of benzene rings is 2. The van der Waals surface area contributed by atoms with Gasteiger partial charge in [-0.2, -0.15) is 5.10 Å². The van der Waals surface area contributed by atoms with E-state index in [2.05, 4.69) is 15.3 Å². The van der Waals surface area contributed by atoms with E-state index in [1.807, 2.05) is 40.7 Å². The van der Waals surface area contributed by atoms with E-state index in [1.54, 1.807) is 26.0 Å². The molecule has 2 heterocycles. The molecule has 226 valence electrons. The van der Waals surface area contributed by atoms with Crippen LogP contribution < -0.4 is 15.0 Å². The quantitative estimate of drug-likeness (QED) is 0.411. The molecule has 0 aromatic heterocycles. The number of hydrogen-bond donors (Lipinski definition) is 3. The molecule has 2 amide bonds. The molecule has 0 bridgehead atoms. The van der Waals surface area contributed by atoms with Gasteiger partial charge in [-0.15, -0.1) is 0 Å². The first-order valence-electron chi connectivity index (χ1n) is 14.5. The third-order valence-corrected chi connectivity index (χ3v) is 9.00. The van der Waals surface area contributed by atoms with E-state index in [1.165, 1.54) is 7.05 Å². The molecule has 3 aliphatic rings. The fraction of sp³-hybridized carbons (Fsp3) is 0.394. The molecule has 0 saturated carbocycles. The molecule has 10 heteroatoms. The molecule has 0 fully saturated rings. The zero-order valence-corrected chi connectivity index (χ0v) is 25.9. The van der Waals surface area contributed by atoms with Gasteiger partial charge in [-0.3, -0.25) is 14.4 Å². The molecule has 0 radical (unpaired) electrons. The Bertz CT molecular complexity index is 1700. The third kappa shape index (κ3) is 4.56. The number of amides is 2. The Morgan fingerprint density at radius 3 is 2.30 bits per heavy atom. The Balaban J connectivity index is 1.56. The van der Waals surface area contributed by atoms with Gasteiger partial charge in [0.05, 0.1) is 28.1 Å². The van der Waals surface area contributed by atoms with Gasteiger partial charge in [-0.25, -0.2) is 5.01 Å². The average molecular weight is 587 g/mol. The number of Topliss-reactive ketones (excluding diaryl/α,β-unsaturated/α-hetero) is 1. The highest BCUT2D eigenvalue weighted by atomic mass is 16.5. The minimum absolute atomic E-state index is 0.0247. The Labute approximate surface area is 251 Å². The number of likely N-dealkylation sites (N-methyl/N-ethyl adjacent to an activating group) is 1. The lowest BCUT2D eigenvalue weighted by molar-refractivity contribution is -0.131. The summed E-state index contributed by atoms with van der Waals surface area (Å²) in [5.41, 5.74) is 3.79. The number of aromatic hydroxyl groups is 1. The zero-order chi connectivity index (χ0) is 31.5. The molecule has 0 spiro atoms. The standard InChI is InChI=1S/C33H38N4O6/c1-9-37(10-2)20-11-12-22(25-28(39)26(29(25)40)24-19(6)35-36(8)31(24)41)23(15-20)34-32(42)33(7)14-13-21-18(5)27(38)16(3)17(4)30(21)43-33/h11-12,15,38-39H,9-10,13-14H2,1-8H3,(H,34,42)/b26-24+. The van der Waals surface area contributed by atoms with Crippen LogP contribution in [0.4, 0.5) is 11.4 Å². The Morgan fingerprint density at radius 2 is 1.72 bits per heavy atom. The maximum absolute atomic E-state index is 14.0. The van der Waals surface area contributed by atoms with Gasteiger partial charge >= 0.3 is 0 Å². The molecule has 3 N–H and O–H groups in total. The molecule has 0 saturated heterocycles. The van der Waals surface area contributed by atoms with Gasteiger partial charge in [0, 0.05) is 43.4 Å². The highest BCUT2D eigenvalue weighted by Gasteiger charge is 2.44. The lowest BCUT2D eigenvalue weighted by Crippen LogP contribution is -2.48. The van der Waals surface area contributed by atoms with Crippen LogP contribution in [-0.4, -0.2) is 64.3 Å². The molecule has 2 aromatic rings. The lowest BCUT2D eigenvalue weighted by Gasteiger charge is -2.37. The largest absolute Gasteiger partial charge is 0.507 e. The number of rotatable bonds is 6. The second-order valence-electron chi connectivity index (χ2n) is 11.5. The summed E-state index contributed by atoms with van der Waals surface area (Å²) in [6, 6.07) is 5.34. The summed E-state index contributed by atoms with van der Waals surface area (Å²) in [7, 11) is 1.49. The van der Waals surface area contributed by atoms with Crippen LogP contribution in [0.5, 0.6) is 11.5 Å². The number of carbonyl (C=O) groups is 3. The van der Waals surface area contributed by atoms with Gasteiger partial charge in [0.1, 0.15) is 17.3 Å². The van der Waals surface area contributed by atoms with Crippen LogP contribution in [-0.2, 0) is 20.8 Å². The number of ketones is 1. The molecule has 2 aliphatic heterocycles. The van der Waals surface area contributed by atoms with E-state index in [9.17, 15) is 24.6 Å². The van der Waals surface area contributed by atoms with Crippen LogP contribution in [0.1, 0.15) is 61.9 Å². The van der Waals surface area contributed by atoms with E-state index in [0.29, 0.717) is 41.1 Å². The number of anilines is 2. The smallest absolute Gasteiger partial charge is 0.276 e. The van der Waals surface area contributed by atoms with E-state index < -0.39 is 23.2 Å². The van der Waals surface area contributed by atoms with Crippen molar-refractivity contribution in [3.8, 4) is 11.5 Å². The minimum atomic E-state index is -1.24. The number of fused-ring (bicyclic) bond motifs is 1. The van der Waals surface area contributed by atoms with Crippen molar-refractivity contribution < 1.29 is 29.3 Å². The van der Waals surface area contributed by atoms with E-state index in [-0.39, 0.29) is 28.2 Å². The highest BCUT2D eigenvalue weighted by molar-refractivity contribution is 6.44. The van der Waals surface area contributed by atoms with Gasteiger partial charge < -0.3 is 25.2 Å². The van der Waals surface area contributed by atoms with Crippen molar-refractivity contribution in [2.45, 2.75) is 66.9 Å². The first kappa shape index (κ1) is 29.9. The number of aliphatic hydroxyl groups is 1. The number of nitrogens with zero attached hydrogens (tertiary/aromatic N) is 3. The first-order valence-corrected chi connectivity index (χ1v) is 14.5. The number of hydrogen-bond acceptors (Lipinski definition) is 8. The normalized spacial score (nSPS) is 21.4. The maximum atomic E-state index is 14.0. The summed E-state index contributed by atoms with van der Waals surface area (Å²) in [4.78, 5) is 42.2. The Morgan fingerprint density at radius 1 is 1.05 bits per heavy atom. The van der Waals surface area contributed by atoms with E-state index in [4.69, 9.17) is 4.74 Å². The molecular weight excluding hydrogens is 548 g/mol. The van der Waals surface area contributed by atoms with Crippen LogP contribution in [0.2, 0.25) is 0 Å². The van der Waals surface area contributed by atoms with Gasteiger partial charge in [0.25, 0.3) is 11.8 Å². The molecular formula is C33H38N4O6. The fourth-order valence-corrected chi connectivity index (χ4v) is 6.11. The number of aliphatic hydroxyl groups excluding tert-OH is 1. The summed E-state index contributed by atoms with van der Waals surface area (Å²) < 4.78 is 6.40. The van der Waals surface area contributed by atoms with Crippen LogP contribution in [0.25, 0.3) is 5.57 Å². The summed E-state index contributed by atoms with van der Waals surface area (Å²) in [5, 5.41) is 29.9. The van der Waals surface area contributed by atoms with Crippen LogP contribution in [0.3, 0.4) is 0 Å². The molecule has 2 aromatic carbocycles. The van der Waals surface area contributed by atoms with Crippen molar-refractivity contribution in [2.24, 2.45) is 5.10 Å². The zero-order valence-electron chi connectivity index (χ0n) is 25.9. The van der Waals surface area contributed by atoms with Gasteiger partial charge in [-0.05, 0) is 89.8 Å². The van der Waals surface area contributed by atoms with Crippen LogP contribution in [0, 0.1) is 20.8 Å². The Hall–Kier alpha value is -4.60. The van der Waals surface area contributed by atoms with Crippen molar-refractivity contribution in [1.82, 2.24) is 5.01 Å². The monoisotopic (exact) mass is 586 g/mol. The SMILES string of the molecule is CCN(CC)c1ccc(C2=C(O)/C(=C3\C(=O)N(C)N=C3C)C2=O)c(NC(=O)C2(C)CCc3c(C)c(O)c(C)c(C)c3O2)c1. The second kappa shape index (κ2) is 10.6. The van der Waals surface area contributed by atoms with E-state index in [0.717, 1.165) is 40.5 Å². The Kier molecular flexibility index (Phi) is 7.36. The highest BCUT2D eigenvalue weighted by Crippen LogP contribution is 2.45. The number of ether oxygens (including phenoxy) is 1. The lowest BCUT2D eigenvalue weighted by atomic mass is 9.79. The second-order valence-corrected chi connectivity index (χ2v) is 11.5. The van der Waals surface area contributed by atoms with Crippen molar-refractivity contribution in [1.29, 1.82) is 0 Å². The van der Waals surface area contributed by atoms with Gasteiger partial charge in [-0.1, -0.05) is 0 Å². The van der Waals surface area contributed by atoms with Crippen molar-refractivity contribution >= 4 is 40.3 Å². The predicted octanol–water partition coefficient (Wildman–Crippen LogP) is 4.88. The molecule has 5 rings (SSSR count). The summed E-state index contributed by atoms with van der Waals surface area (Å²) in [5.74, 6) is -0.825. The van der Waals surface area contributed by atoms with Crippen molar-refractivity contribution in [3.63, 3.8) is 0 Å². The maximum Gasteiger partial charge on any atom is 0.276 e. The summed E-state index contributed by atoms with van der Waals surface area (Å²) in [6.45, 7) is 14.4. The molecule has 1 unspecified atom stereocenters. The summed E-state index contributed by atoms with van der Waals surface area (Å²) >= 11 is 0. The minimum Gasteiger partial charge on any atom is -0.507 e. The van der Waals surface area contributed by atoms with E-state index >= 15 is 0 Å². The average Bonchev–Trinajstić information content (AvgIpc) is 3.22. The molecule has 1 aliphatic carbocycles. The predicted molar refractivity (Wildman–Crippen MR) is 166 cm³/mol. The van der Waals surface area contributed by atoms with Crippen molar-refractivity contribution in [2.75, 3.05) is 30.4 Å². The number of allylic oxidation sites excluding steroid dienone is 2. The molecule has 10 nitrogen and oxygen atoms in total. The van der Waals surface area contributed by atoms with Crippen LogP contribution >= 0.6 is 0 Å². The van der Waals surface area contributed by atoms with Crippen molar-refractivity contribution in [3.05, 3.63) is 62.9 Å². The number of phenols is 1.